The summed E-state index contributed by atoms with van der Waals surface area (Å²) in [7, 11) is 1.65. The molecule has 0 radical (unpaired) electrons. The molecule has 0 spiro atoms. The Balaban J connectivity index is 2.12. The largest absolute Gasteiger partial charge is 0.399 e. The van der Waals surface area contributed by atoms with Crippen LogP contribution < -0.4 is 5.73 Å². The molecule has 0 unspecified atom stereocenters. The minimum Gasteiger partial charge on any atom is -0.399 e. The zero-order valence-electron chi connectivity index (χ0n) is 10.9. The fourth-order valence-corrected chi connectivity index (χ4v) is 1.55. The molecule has 0 amide bonds. The van der Waals surface area contributed by atoms with Crippen molar-refractivity contribution < 1.29 is 14.3 Å². The van der Waals surface area contributed by atoms with Gasteiger partial charge in [-0.25, -0.2) is 0 Å². The van der Waals surface area contributed by atoms with E-state index in [1.807, 2.05) is 0 Å². The number of anilines is 1. The highest BCUT2D eigenvalue weighted by Crippen LogP contribution is 2.10. The number of hydrogen-bond donors (Lipinski definition) is 1. The fraction of sp³-hybridized carbons (Fsp3) is 0.500. The third kappa shape index (κ3) is 5.80. The monoisotopic (exact) mass is 251 g/mol. The van der Waals surface area contributed by atoms with Gasteiger partial charge in [-0.15, -0.1) is 0 Å². The number of nitrogens with two attached hydrogens (primary N) is 1. The number of unbranched alkanes of at least 4 members (excludes halogenated alkanes) is 1. The van der Waals surface area contributed by atoms with E-state index in [2.05, 4.69) is 0 Å². The van der Waals surface area contributed by atoms with Gasteiger partial charge in [-0.2, -0.15) is 0 Å². The van der Waals surface area contributed by atoms with E-state index in [0.29, 0.717) is 31.9 Å². The van der Waals surface area contributed by atoms with Gasteiger partial charge in [0, 0.05) is 31.4 Å². The molecule has 0 saturated heterocycles. The molecular formula is C14H21NO3. The molecule has 4 heteroatoms. The van der Waals surface area contributed by atoms with Crippen LogP contribution in [0, 0.1) is 0 Å². The van der Waals surface area contributed by atoms with Crippen molar-refractivity contribution in [1.29, 1.82) is 0 Å². The smallest absolute Gasteiger partial charge is 0.162 e. The van der Waals surface area contributed by atoms with Gasteiger partial charge < -0.3 is 15.2 Å². The lowest BCUT2D eigenvalue weighted by molar-refractivity contribution is 0.0681. The molecule has 0 heterocycles. The number of methoxy groups -OCH3 is 1. The molecule has 1 aromatic carbocycles. The second kappa shape index (κ2) is 8.66. The van der Waals surface area contributed by atoms with Crippen molar-refractivity contribution in [3.63, 3.8) is 0 Å². The molecule has 0 aliphatic rings. The molecule has 4 nitrogen and oxygen atoms in total. The minimum atomic E-state index is 0.159. The van der Waals surface area contributed by atoms with Crippen molar-refractivity contribution in [2.24, 2.45) is 0 Å². The summed E-state index contributed by atoms with van der Waals surface area (Å²) in [6, 6.07) is 7.04. The highest BCUT2D eigenvalue weighted by atomic mass is 16.5. The van der Waals surface area contributed by atoms with E-state index in [1.165, 1.54) is 0 Å². The zero-order chi connectivity index (χ0) is 13.2. The highest BCUT2D eigenvalue weighted by Gasteiger charge is 2.04. The summed E-state index contributed by atoms with van der Waals surface area (Å²) < 4.78 is 10.2. The third-order valence-electron chi connectivity index (χ3n) is 2.61. The number of nitrogen functional groups attached to an aromatic ring is 1. The van der Waals surface area contributed by atoms with Crippen LogP contribution >= 0.6 is 0 Å². The van der Waals surface area contributed by atoms with Crippen LogP contribution in [0.5, 0.6) is 0 Å². The Kier molecular flexibility index (Phi) is 7.06. The number of benzene rings is 1. The van der Waals surface area contributed by atoms with Gasteiger partial charge in [0.05, 0.1) is 13.2 Å². The van der Waals surface area contributed by atoms with Crippen molar-refractivity contribution in [2.75, 3.05) is 32.7 Å². The maximum absolute atomic E-state index is 11.8. The molecule has 0 atom stereocenters. The van der Waals surface area contributed by atoms with Crippen molar-refractivity contribution in [2.45, 2.75) is 19.3 Å². The van der Waals surface area contributed by atoms with Crippen LogP contribution in [0.2, 0.25) is 0 Å². The Hall–Kier alpha value is -1.39. The predicted octanol–water partition coefficient (Wildman–Crippen LogP) is 2.28. The van der Waals surface area contributed by atoms with E-state index in [-0.39, 0.29) is 5.78 Å². The zero-order valence-corrected chi connectivity index (χ0v) is 10.9. The average molecular weight is 251 g/mol. The van der Waals surface area contributed by atoms with E-state index in [4.69, 9.17) is 15.2 Å². The first-order chi connectivity index (χ1) is 8.74. The number of hydrogen-bond acceptors (Lipinski definition) is 4. The Morgan fingerprint density at radius 3 is 2.50 bits per heavy atom. The van der Waals surface area contributed by atoms with Crippen molar-refractivity contribution in [1.82, 2.24) is 0 Å². The van der Waals surface area contributed by atoms with E-state index < -0.39 is 0 Å². The Morgan fingerprint density at radius 2 is 1.83 bits per heavy atom. The molecule has 0 saturated carbocycles. The van der Waals surface area contributed by atoms with E-state index >= 15 is 0 Å². The number of Topliss-reactive ketones (excluding diaryl/α,β-unsaturated/α-hetero) is 1. The first-order valence-electron chi connectivity index (χ1n) is 6.19. The standard InChI is InChI=1S/C14H21NO3/c1-17-10-11-18-9-3-2-4-14(16)12-5-7-13(15)8-6-12/h5-8H,2-4,9-11,15H2,1H3. The molecular weight excluding hydrogens is 230 g/mol. The summed E-state index contributed by atoms with van der Waals surface area (Å²) in [5, 5.41) is 0. The van der Waals surface area contributed by atoms with Crippen molar-refractivity contribution >= 4 is 11.5 Å². The summed E-state index contributed by atoms with van der Waals surface area (Å²) in [6.07, 6.45) is 2.29. The number of ether oxygens (including phenoxy) is 2. The summed E-state index contributed by atoms with van der Waals surface area (Å²) in [5.41, 5.74) is 6.97. The highest BCUT2D eigenvalue weighted by molar-refractivity contribution is 5.96. The molecule has 0 bridgehead atoms. The van der Waals surface area contributed by atoms with Crippen LogP contribution in [0.25, 0.3) is 0 Å². The molecule has 0 aliphatic heterocycles. The number of rotatable bonds is 9. The van der Waals surface area contributed by atoms with Gasteiger partial charge in [-0.3, -0.25) is 4.79 Å². The molecule has 1 rings (SSSR count). The number of carbonyl (C=O) groups is 1. The third-order valence-corrected chi connectivity index (χ3v) is 2.61. The topological polar surface area (TPSA) is 61.5 Å². The molecule has 0 aromatic heterocycles. The van der Waals surface area contributed by atoms with Gasteiger partial charge in [-0.05, 0) is 37.1 Å². The molecule has 18 heavy (non-hydrogen) atoms. The van der Waals surface area contributed by atoms with Gasteiger partial charge in [0.15, 0.2) is 5.78 Å². The summed E-state index contributed by atoms with van der Waals surface area (Å²) in [4.78, 5) is 11.8. The van der Waals surface area contributed by atoms with E-state index in [9.17, 15) is 4.79 Å². The van der Waals surface area contributed by atoms with Crippen LogP contribution in [-0.2, 0) is 9.47 Å². The van der Waals surface area contributed by atoms with Gasteiger partial charge in [0.1, 0.15) is 0 Å². The fourth-order valence-electron chi connectivity index (χ4n) is 1.55. The Bertz CT molecular complexity index is 349. The maximum atomic E-state index is 11.8. The Morgan fingerprint density at radius 1 is 1.11 bits per heavy atom. The molecule has 100 valence electrons. The number of ketones is 1. The normalized spacial score (nSPS) is 10.5. The summed E-state index contributed by atoms with van der Waals surface area (Å²) in [5.74, 6) is 0.159. The second-order valence-electron chi connectivity index (χ2n) is 4.11. The molecule has 0 aliphatic carbocycles. The van der Waals surface area contributed by atoms with Crippen LogP contribution in [0.15, 0.2) is 24.3 Å². The molecule has 0 fully saturated rings. The van der Waals surface area contributed by atoms with Crippen LogP contribution in [0.1, 0.15) is 29.6 Å². The first kappa shape index (κ1) is 14.7. The predicted molar refractivity (Wildman–Crippen MR) is 71.7 cm³/mol. The Labute approximate surface area is 108 Å². The van der Waals surface area contributed by atoms with Gasteiger partial charge in [0.2, 0.25) is 0 Å². The average Bonchev–Trinajstić information content (AvgIpc) is 2.38. The minimum absolute atomic E-state index is 0.159. The first-order valence-corrected chi connectivity index (χ1v) is 6.19. The van der Waals surface area contributed by atoms with E-state index in [0.717, 1.165) is 18.4 Å². The van der Waals surface area contributed by atoms with Crippen LogP contribution in [-0.4, -0.2) is 32.7 Å². The molecule has 2 N–H and O–H groups in total. The van der Waals surface area contributed by atoms with Crippen molar-refractivity contribution in [3.05, 3.63) is 29.8 Å². The van der Waals surface area contributed by atoms with Crippen LogP contribution in [0.4, 0.5) is 5.69 Å². The summed E-state index contributed by atoms with van der Waals surface area (Å²) >= 11 is 0. The maximum Gasteiger partial charge on any atom is 0.162 e. The van der Waals surface area contributed by atoms with Crippen LogP contribution in [0.3, 0.4) is 0 Å². The quantitative estimate of drug-likeness (QED) is 0.415. The number of carbonyl (C=O) groups excluding carboxylic acids is 1. The lowest BCUT2D eigenvalue weighted by Gasteiger charge is -2.04. The SMILES string of the molecule is COCCOCCCCC(=O)c1ccc(N)cc1. The van der Waals surface area contributed by atoms with Gasteiger partial charge in [0.25, 0.3) is 0 Å². The lowest BCUT2D eigenvalue weighted by atomic mass is 10.1. The van der Waals surface area contributed by atoms with Gasteiger partial charge in [-0.1, -0.05) is 0 Å². The van der Waals surface area contributed by atoms with Gasteiger partial charge >= 0.3 is 0 Å². The molecule has 1 aromatic rings. The second-order valence-corrected chi connectivity index (χ2v) is 4.11. The van der Waals surface area contributed by atoms with E-state index in [1.54, 1.807) is 31.4 Å². The summed E-state index contributed by atoms with van der Waals surface area (Å²) in [6.45, 7) is 1.91. The lowest BCUT2D eigenvalue weighted by Crippen LogP contribution is -2.04. The van der Waals surface area contributed by atoms with Crippen molar-refractivity contribution in [3.8, 4) is 0 Å².